The molecule has 7 heteroatoms. The first-order valence-electron chi connectivity index (χ1n) is 7.28. The molecule has 3 atom stereocenters. The number of sulfone groups is 1. The van der Waals surface area contributed by atoms with Crippen LogP contribution in [-0.2, 0) is 9.84 Å². The Hall–Kier alpha value is -1.05. The number of aromatic nitrogens is 2. The van der Waals surface area contributed by atoms with Crippen LogP contribution in [-0.4, -0.2) is 30.1 Å². The van der Waals surface area contributed by atoms with Crippen LogP contribution in [0.3, 0.4) is 0 Å². The topological polar surface area (TPSA) is 98.0 Å². The van der Waals surface area contributed by atoms with E-state index in [2.05, 4.69) is 15.6 Å². The molecule has 1 aromatic heterocycles. The summed E-state index contributed by atoms with van der Waals surface area (Å²) in [5.41, 5.74) is 5.56. The van der Waals surface area contributed by atoms with E-state index >= 15 is 0 Å². The Balaban J connectivity index is 2.27. The van der Waals surface area contributed by atoms with E-state index < -0.39 is 9.84 Å². The molecule has 118 valence electrons. The van der Waals surface area contributed by atoms with Crippen LogP contribution in [0.25, 0.3) is 0 Å². The van der Waals surface area contributed by atoms with Crippen molar-refractivity contribution in [3.63, 3.8) is 0 Å². The van der Waals surface area contributed by atoms with Gasteiger partial charge in [-0.3, -0.25) is 11.3 Å². The third-order valence-corrected chi connectivity index (χ3v) is 6.04. The second-order valence-corrected chi connectivity index (χ2v) is 8.37. The van der Waals surface area contributed by atoms with Crippen LogP contribution in [0.1, 0.15) is 48.7 Å². The summed E-state index contributed by atoms with van der Waals surface area (Å²) >= 11 is 0. The van der Waals surface area contributed by atoms with E-state index in [-0.39, 0.29) is 17.2 Å². The molecular weight excluding hydrogens is 288 g/mol. The molecule has 3 unspecified atom stereocenters. The Morgan fingerprint density at radius 3 is 2.67 bits per heavy atom. The molecule has 0 aromatic carbocycles. The minimum absolute atomic E-state index is 0.0799. The molecule has 1 aliphatic carbocycles. The number of aryl methyl sites for hydroxylation is 2. The average molecular weight is 312 g/mol. The summed E-state index contributed by atoms with van der Waals surface area (Å²) in [7, 11) is -3.00. The summed E-state index contributed by atoms with van der Waals surface area (Å²) in [5, 5.41) is 7.93. The van der Waals surface area contributed by atoms with E-state index in [1.165, 1.54) is 6.26 Å². The van der Waals surface area contributed by atoms with Crippen molar-refractivity contribution in [3.05, 3.63) is 23.0 Å². The first-order chi connectivity index (χ1) is 9.82. The fourth-order valence-corrected chi connectivity index (χ4v) is 4.43. The first kappa shape index (κ1) is 16.3. The van der Waals surface area contributed by atoms with Gasteiger partial charge in [0.25, 0.3) is 0 Å². The predicted octanol–water partition coefficient (Wildman–Crippen LogP) is 1.20. The van der Waals surface area contributed by atoms with Crippen molar-refractivity contribution in [1.82, 2.24) is 15.6 Å². The minimum atomic E-state index is -3.00. The zero-order valence-corrected chi connectivity index (χ0v) is 13.7. The van der Waals surface area contributed by atoms with Crippen molar-refractivity contribution in [2.75, 3.05) is 6.26 Å². The molecule has 0 saturated heterocycles. The fraction of sp³-hybridized carbons (Fsp3) is 0.714. The second kappa shape index (κ2) is 6.37. The van der Waals surface area contributed by atoms with Crippen molar-refractivity contribution < 1.29 is 8.42 Å². The van der Waals surface area contributed by atoms with Gasteiger partial charge in [-0.15, -0.1) is 0 Å². The molecule has 21 heavy (non-hydrogen) atoms. The normalized spacial score (nSPS) is 24.8. The molecule has 2 rings (SSSR count). The third kappa shape index (κ3) is 3.78. The molecule has 0 spiro atoms. The van der Waals surface area contributed by atoms with Gasteiger partial charge in [0.1, 0.15) is 9.84 Å². The number of nitrogens with one attached hydrogen (secondary N) is 1. The fourth-order valence-electron chi connectivity index (χ4n) is 3.24. The van der Waals surface area contributed by atoms with Gasteiger partial charge in [-0.05, 0) is 50.7 Å². The van der Waals surface area contributed by atoms with Gasteiger partial charge in [-0.1, -0.05) is 6.42 Å². The van der Waals surface area contributed by atoms with Crippen LogP contribution in [0.4, 0.5) is 0 Å². The highest BCUT2D eigenvalue weighted by Gasteiger charge is 2.34. The van der Waals surface area contributed by atoms with Crippen molar-refractivity contribution in [3.8, 4) is 0 Å². The highest BCUT2D eigenvalue weighted by molar-refractivity contribution is 7.91. The zero-order chi connectivity index (χ0) is 15.6. The standard InChI is InChI=1S/C14H24N4O2S/c1-9-7-13(10(2)18-17-9)14(16-15)11-5-4-6-12(8-11)21(3,19)20/h7,11-12,14,16H,4-6,8,15H2,1-3H3. The quantitative estimate of drug-likeness (QED) is 0.640. The maximum absolute atomic E-state index is 11.8. The summed E-state index contributed by atoms with van der Waals surface area (Å²) in [4.78, 5) is 0. The number of hydrogen-bond acceptors (Lipinski definition) is 6. The number of rotatable bonds is 4. The van der Waals surface area contributed by atoms with E-state index in [4.69, 9.17) is 5.84 Å². The van der Waals surface area contributed by atoms with Crippen molar-refractivity contribution in [2.45, 2.75) is 50.8 Å². The van der Waals surface area contributed by atoms with Gasteiger partial charge >= 0.3 is 0 Å². The summed E-state index contributed by atoms with van der Waals surface area (Å²) in [5.74, 6) is 5.96. The highest BCUT2D eigenvalue weighted by Crippen LogP contribution is 2.37. The Morgan fingerprint density at radius 1 is 1.33 bits per heavy atom. The lowest BCUT2D eigenvalue weighted by Gasteiger charge is -2.34. The molecule has 1 saturated carbocycles. The molecule has 0 aliphatic heterocycles. The number of hydrogen-bond donors (Lipinski definition) is 2. The molecule has 1 heterocycles. The van der Waals surface area contributed by atoms with Crippen LogP contribution >= 0.6 is 0 Å². The molecule has 0 radical (unpaired) electrons. The summed E-state index contributed by atoms with van der Waals surface area (Å²) < 4.78 is 23.7. The SMILES string of the molecule is Cc1cc(C(NN)C2CCCC(S(C)(=O)=O)C2)c(C)nn1. The molecule has 3 N–H and O–H groups in total. The molecule has 1 aromatic rings. The third-order valence-electron chi connectivity index (χ3n) is 4.40. The van der Waals surface area contributed by atoms with Crippen molar-refractivity contribution >= 4 is 9.84 Å². The van der Waals surface area contributed by atoms with Gasteiger partial charge in [-0.2, -0.15) is 10.2 Å². The van der Waals surface area contributed by atoms with Gasteiger partial charge in [0, 0.05) is 6.26 Å². The predicted molar refractivity (Wildman–Crippen MR) is 82.2 cm³/mol. The summed E-state index contributed by atoms with van der Waals surface area (Å²) in [6.45, 7) is 3.80. The zero-order valence-electron chi connectivity index (χ0n) is 12.8. The largest absolute Gasteiger partial charge is 0.271 e. The molecule has 1 fully saturated rings. The Morgan fingerprint density at radius 2 is 2.05 bits per heavy atom. The lowest BCUT2D eigenvalue weighted by atomic mass is 9.80. The first-order valence-corrected chi connectivity index (χ1v) is 9.24. The molecular formula is C14H24N4O2S. The Kier molecular flexibility index (Phi) is 4.95. The van der Waals surface area contributed by atoms with Crippen LogP contribution in [0.15, 0.2) is 6.07 Å². The summed E-state index contributed by atoms with van der Waals surface area (Å²) in [6, 6.07) is 1.90. The van der Waals surface area contributed by atoms with Crippen LogP contribution in [0.5, 0.6) is 0 Å². The van der Waals surface area contributed by atoms with Gasteiger partial charge < -0.3 is 0 Å². The van der Waals surface area contributed by atoms with E-state index in [9.17, 15) is 8.42 Å². The maximum Gasteiger partial charge on any atom is 0.150 e. The average Bonchev–Trinajstić information content (AvgIpc) is 2.43. The van der Waals surface area contributed by atoms with E-state index in [1.54, 1.807) is 0 Å². The highest BCUT2D eigenvalue weighted by atomic mass is 32.2. The van der Waals surface area contributed by atoms with Crippen LogP contribution in [0, 0.1) is 19.8 Å². The summed E-state index contributed by atoms with van der Waals surface area (Å²) in [6.07, 6.45) is 4.61. The molecule has 1 aliphatic rings. The van der Waals surface area contributed by atoms with Crippen LogP contribution < -0.4 is 11.3 Å². The number of nitrogens with zero attached hydrogens (tertiary/aromatic N) is 2. The van der Waals surface area contributed by atoms with Crippen LogP contribution in [0.2, 0.25) is 0 Å². The van der Waals surface area contributed by atoms with Gasteiger partial charge in [0.15, 0.2) is 0 Å². The van der Waals surface area contributed by atoms with Gasteiger partial charge in [-0.25, -0.2) is 8.42 Å². The number of hydrazine groups is 1. The van der Waals surface area contributed by atoms with E-state index in [1.807, 2.05) is 19.9 Å². The Bertz CT molecular complexity index is 603. The second-order valence-electron chi connectivity index (χ2n) is 6.05. The molecule has 6 nitrogen and oxygen atoms in total. The smallest absolute Gasteiger partial charge is 0.150 e. The maximum atomic E-state index is 11.8. The molecule has 0 amide bonds. The van der Waals surface area contributed by atoms with Gasteiger partial charge in [0.05, 0.1) is 22.7 Å². The minimum Gasteiger partial charge on any atom is -0.271 e. The lowest BCUT2D eigenvalue weighted by Crippen LogP contribution is -2.39. The van der Waals surface area contributed by atoms with Gasteiger partial charge in [0.2, 0.25) is 0 Å². The van der Waals surface area contributed by atoms with E-state index in [0.717, 1.165) is 36.2 Å². The molecule has 0 bridgehead atoms. The van der Waals surface area contributed by atoms with Crippen molar-refractivity contribution in [2.24, 2.45) is 11.8 Å². The monoisotopic (exact) mass is 312 g/mol. The van der Waals surface area contributed by atoms with E-state index in [0.29, 0.717) is 6.42 Å². The Labute approximate surface area is 126 Å². The lowest BCUT2D eigenvalue weighted by molar-refractivity contribution is 0.273. The number of nitrogens with two attached hydrogens (primary N) is 1. The van der Waals surface area contributed by atoms with Crippen molar-refractivity contribution in [1.29, 1.82) is 0 Å².